The highest BCUT2D eigenvalue weighted by Gasteiger charge is 2.29. The summed E-state index contributed by atoms with van der Waals surface area (Å²) in [5, 5.41) is 3.20. The van der Waals surface area contributed by atoms with E-state index in [1.54, 1.807) is 48.5 Å². The van der Waals surface area contributed by atoms with Gasteiger partial charge in [-0.1, -0.05) is 17.7 Å². The maximum absolute atomic E-state index is 12.6. The molecule has 1 N–H and O–H groups in total. The molecule has 0 fully saturated rings. The first kappa shape index (κ1) is 20.1. The zero-order valence-electron chi connectivity index (χ0n) is 14.8. The van der Waals surface area contributed by atoms with E-state index in [1.807, 2.05) is 6.92 Å². The molecule has 2 aromatic rings. The van der Waals surface area contributed by atoms with E-state index in [-0.39, 0.29) is 0 Å². The number of amides is 1. The molecule has 0 heterocycles. The Morgan fingerprint density at radius 3 is 2.46 bits per heavy atom. The maximum Gasteiger partial charge on any atom is 0.247 e. The second-order valence-corrected chi connectivity index (χ2v) is 7.96. The largest absolute Gasteiger partial charge is 0.494 e. The summed E-state index contributed by atoms with van der Waals surface area (Å²) >= 11 is 5.86. The van der Waals surface area contributed by atoms with Crippen LogP contribution < -0.4 is 14.4 Å². The van der Waals surface area contributed by atoms with Crippen molar-refractivity contribution in [2.45, 2.75) is 19.9 Å². The summed E-state index contributed by atoms with van der Waals surface area (Å²) in [5.74, 6) is 0.162. The number of halogens is 1. The predicted octanol–water partition coefficient (Wildman–Crippen LogP) is 3.53. The van der Waals surface area contributed by atoms with E-state index >= 15 is 0 Å². The van der Waals surface area contributed by atoms with Gasteiger partial charge >= 0.3 is 0 Å². The van der Waals surface area contributed by atoms with Crippen LogP contribution in [0.1, 0.15) is 13.8 Å². The SMILES string of the molecule is CCOc1cccc(NC(=O)C(C)N(c2ccc(Cl)cc2)S(C)(=O)=O)c1. The van der Waals surface area contributed by atoms with Crippen LogP contribution in [0, 0.1) is 0 Å². The number of ether oxygens (including phenoxy) is 1. The quantitative estimate of drug-likeness (QED) is 0.776. The summed E-state index contributed by atoms with van der Waals surface area (Å²) in [5.41, 5.74) is 0.889. The molecule has 2 aromatic carbocycles. The lowest BCUT2D eigenvalue weighted by Gasteiger charge is -2.28. The van der Waals surface area contributed by atoms with Crippen LogP contribution in [0.2, 0.25) is 5.02 Å². The maximum atomic E-state index is 12.6. The molecule has 0 aromatic heterocycles. The lowest BCUT2D eigenvalue weighted by molar-refractivity contribution is -0.116. The predicted molar refractivity (Wildman–Crippen MR) is 104 cm³/mol. The molecular weight excluding hydrogens is 376 g/mol. The van der Waals surface area contributed by atoms with E-state index in [0.717, 1.165) is 10.6 Å². The number of nitrogens with zero attached hydrogens (tertiary/aromatic N) is 1. The lowest BCUT2D eigenvalue weighted by Crippen LogP contribution is -2.45. The monoisotopic (exact) mass is 396 g/mol. The summed E-state index contributed by atoms with van der Waals surface area (Å²) < 4.78 is 31.0. The Labute approximate surface area is 158 Å². The Kier molecular flexibility index (Phi) is 6.50. The van der Waals surface area contributed by atoms with Crippen molar-refractivity contribution >= 4 is 38.9 Å². The summed E-state index contributed by atoms with van der Waals surface area (Å²) in [6.45, 7) is 3.90. The topological polar surface area (TPSA) is 75.7 Å². The molecule has 2 rings (SSSR count). The molecule has 0 radical (unpaired) electrons. The van der Waals surface area contributed by atoms with Gasteiger partial charge in [-0.3, -0.25) is 9.10 Å². The van der Waals surface area contributed by atoms with Crippen molar-refractivity contribution < 1.29 is 17.9 Å². The molecule has 0 aliphatic heterocycles. The van der Waals surface area contributed by atoms with Gasteiger partial charge in [-0.25, -0.2) is 8.42 Å². The fraction of sp³-hybridized carbons (Fsp3) is 0.278. The van der Waals surface area contributed by atoms with Gasteiger partial charge in [-0.15, -0.1) is 0 Å². The zero-order chi connectivity index (χ0) is 19.3. The summed E-state index contributed by atoms with van der Waals surface area (Å²) in [4.78, 5) is 12.6. The van der Waals surface area contributed by atoms with E-state index in [4.69, 9.17) is 16.3 Å². The number of carbonyl (C=O) groups is 1. The van der Waals surface area contributed by atoms with E-state index in [2.05, 4.69) is 5.32 Å². The molecule has 140 valence electrons. The standard InChI is InChI=1S/C18H21ClN2O4S/c1-4-25-17-7-5-6-15(12-17)20-18(22)13(2)21(26(3,23)24)16-10-8-14(19)9-11-16/h5-13H,4H2,1-3H3,(H,20,22). The van der Waals surface area contributed by atoms with Crippen LogP contribution in [-0.4, -0.2) is 33.2 Å². The zero-order valence-corrected chi connectivity index (χ0v) is 16.3. The van der Waals surface area contributed by atoms with Crippen molar-refractivity contribution in [3.8, 4) is 5.75 Å². The van der Waals surface area contributed by atoms with Crippen LogP contribution in [0.25, 0.3) is 0 Å². The van der Waals surface area contributed by atoms with Gasteiger partial charge < -0.3 is 10.1 Å². The molecule has 8 heteroatoms. The number of rotatable bonds is 7. The van der Waals surface area contributed by atoms with E-state index in [1.165, 1.54) is 6.92 Å². The molecular formula is C18H21ClN2O4S. The Hall–Kier alpha value is -2.25. The fourth-order valence-corrected chi connectivity index (χ4v) is 3.77. The first-order valence-electron chi connectivity index (χ1n) is 8.01. The van der Waals surface area contributed by atoms with E-state index < -0.39 is 22.0 Å². The average Bonchev–Trinajstić information content (AvgIpc) is 2.56. The van der Waals surface area contributed by atoms with Crippen LogP contribution in [0.4, 0.5) is 11.4 Å². The van der Waals surface area contributed by atoms with Crippen LogP contribution >= 0.6 is 11.6 Å². The molecule has 0 bridgehead atoms. The number of hydrogen-bond donors (Lipinski definition) is 1. The highest BCUT2D eigenvalue weighted by atomic mass is 35.5. The van der Waals surface area contributed by atoms with Crippen molar-refractivity contribution in [1.82, 2.24) is 0 Å². The van der Waals surface area contributed by atoms with Gasteiger partial charge in [0.1, 0.15) is 11.8 Å². The van der Waals surface area contributed by atoms with Crippen molar-refractivity contribution in [2.75, 3.05) is 22.5 Å². The van der Waals surface area contributed by atoms with Gasteiger partial charge in [0.2, 0.25) is 15.9 Å². The third kappa shape index (κ3) is 5.12. The van der Waals surface area contributed by atoms with Crippen LogP contribution in [0.3, 0.4) is 0 Å². The second-order valence-electron chi connectivity index (χ2n) is 5.66. The number of anilines is 2. The van der Waals surface area contributed by atoms with Gasteiger partial charge in [0, 0.05) is 16.8 Å². The Morgan fingerprint density at radius 2 is 1.88 bits per heavy atom. The van der Waals surface area contributed by atoms with Gasteiger partial charge in [-0.05, 0) is 50.2 Å². The van der Waals surface area contributed by atoms with Gasteiger partial charge in [0.25, 0.3) is 0 Å². The third-order valence-corrected chi connectivity index (χ3v) is 5.08. The molecule has 0 spiro atoms. The third-order valence-electron chi connectivity index (χ3n) is 3.58. The highest BCUT2D eigenvalue weighted by molar-refractivity contribution is 7.92. The van der Waals surface area contributed by atoms with Crippen LogP contribution in [-0.2, 0) is 14.8 Å². The summed E-state index contributed by atoms with van der Waals surface area (Å²) in [6.07, 6.45) is 1.06. The lowest BCUT2D eigenvalue weighted by atomic mass is 10.2. The molecule has 0 saturated heterocycles. The minimum atomic E-state index is -3.68. The first-order chi connectivity index (χ1) is 12.2. The minimum Gasteiger partial charge on any atom is -0.494 e. The van der Waals surface area contributed by atoms with Crippen LogP contribution in [0.5, 0.6) is 5.75 Å². The average molecular weight is 397 g/mol. The van der Waals surface area contributed by atoms with Crippen molar-refractivity contribution in [1.29, 1.82) is 0 Å². The smallest absolute Gasteiger partial charge is 0.247 e. The number of nitrogens with one attached hydrogen (secondary N) is 1. The molecule has 6 nitrogen and oxygen atoms in total. The molecule has 1 atom stereocenters. The van der Waals surface area contributed by atoms with Crippen molar-refractivity contribution in [3.63, 3.8) is 0 Å². The molecule has 1 unspecified atom stereocenters. The second kappa shape index (κ2) is 8.42. The Balaban J connectivity index is 2.25. The van der Waals surface area contributed by atoms with Crippen molar-refractivity contribution in [3.05, 3.63) is 53.6 Å². The molecule has 1 amide bonds. The van der Waals surface area contributed by atoms with Gasteiger partial charge in [-0.2, -0.15) is 0 Å². The number of benzene rings is 2. The number of sulfonamides is 1. The van der Waals surface area contributed by atoms with Gasteiger partial charge in [0.15, 0.2) is 0 Å². The van der Waals surface area contributed by atoms with Crippen LogP contribution in [0.15, 0.2) is 48.5 Å². The molecule has 26 heavy (non-hydrogen) atoms. The Morgan fingerprint density at radius 1 is 1.23 bits per heavy atom. The number of carbonyl (C=O) groups excluding carboxylic acids is 1. The summed E-state index contributed by atoms with van der Waals surface area (Å²) in [6, 6.07) is 12.2. The molecule has 0 aliphatic rings. The van der Waals surface area contributed by atoms with Crippen molar-refractivity contribution in [2.24, 2.45) is 0 Å². The minimum absolute atomic E-state index is 0.364. The van der Waals surface area contributed by atoms with E-state index in [0.29, 0.717) is 28.8 Å². The van der Waals surface area contributed by atoms with E-state index in [9.17, 15) is 13.2 Å². The molecule has 0 aliphatic carbocycles. The normalized spacial score (nSPS) is 12.3. The summed E-state index contributed by atoms with van der Waals surface area (Å²) in [7, 11) is -3.68. The molecule has 0 saturated carbocycles. The number of hydrogen-bond acceptors (Lipinski definition) is 4. The Bertz CT molecular complexity index is 869. The first-order valence-corrected chi connectivity index (χ1v) is 10.2. The highest BCUT2D eigenvalue weighted by Crippen LogP contribution is 2.24. The fourth-order valence-electron chi connectivity index (χ4n) is 2.47. The van der Waals surface area contributed by atoms with Gasteiger partial charge in [0.05, 0.1) is 18.6 Å².